The third-order valence-electron chi connectivity index (χ3n) is 2.77. The van der Waals surface area contributed by atoms with Crippen molar-refractivity contribution in [1.82, 2.24) is 0 Å². The molecule has 1 aromatic carbocycles. The monoisotopic (exact) mass is 249 g/mol. The Morgan fingerprint density at radius 3 is 2.67 bits per heavy atom. The molecule has 0 amide bonds. The highest BCUT2D eigenvalue weighted by atomic mass is 16.5. The Balaban J connectivity index is 2.51. The van der Waals surface area contributed by atoms with Crippen LogP contribution in [0.5, 0.6) is 0 Å². The molecular weight excluding hydrogens is 226 g/mol. The molecule has 3 heteroatoms. The lowest BCUT2D eigenvalue weighted by Gasteiger charge is -2.11. The summed E-state index contributed by atoms with van der Waals surface area (Å²) in [4.78, 5) is 11.7. The minimum Gasteiger partial charge on any atom is -0.462 e. The van der Waals surface area contributed by atoms with E-state index in [1.54, 1.807) is 6.07 Å². The SMILES string of the molecule is CCCCCCNc1ccccc1C(=O)OCC. The van der Waals surface area contributed by atoms with Crippen molar-refractivity contribution in [3.63, 3.8) is 0 Å². The summed E-state index contributed by atoms with van der Waals surface area (Å²) in [6.07, 6.45) is 4.86. The summed E-state index contributed by atoms with van der Waals surface area (Å²) in [5.41, 5.74) is 1.49. The van der Waals surface area contributed by atoms with E-state index in [2.05, 4.69) is 12.2 Å². The van der Waals surface area contributed by atoms with E-state index in [1.807, 2.05) is 25.1 Å². The second kappa shape index (κ2) is 8.56. The van der Waals surface area contributed by atoms with Crippen molar-refractivity contribution in [2.45, 2.75) is 39.5 Å². The molecule has 1 N–H and O–H groups in total. The van der Waals surface area contributed by atoms with Crippen LogP contribution in [-0.2, 0) is 4.74 Å². The molecule has 0 atom stereocenters. The van der Waals surface area contributed by atoms with Crippen LogP contribution in [0.2, 0.25) is 0 Å². The van der Waals surface area contributed by atoms with Crippen molar-refractivity contribution in [3.05, 3.63) is 29.8 Å². The Morgan fingerprint density at radius 1 is 1.17 bits per heavy atom. The molecule has 100 valence electrons. The first-order valence-corrected chi connectivity index (χ1v) is 6.79. The van der Waals surface area contributed by atoms with Crippen molar-refractivity contribution in [2.24, 2.45) is 0 Å². The fourth-order valence-electron chi connectivity index (χ4n) is 1.80. The minimum absolute atomic E-state index is 0.255. The first kappa shape index (κ1) is 14.6. The molecule has 1 aromatic rings. The van der Waals surface area contributed by atoms with Crippen molar-refractivity contribution >= 4 is 11.7 Å². The zero-order valence-electron chi connectivity index (χ0n) is 11.4. The predicted molar refractivity (Wildman–Crippen MR) is 75.0 cm³/mol. The van der Waals surface area contributed by atoms with Gasteiger partial charge in [0.05, 0.1) is 12.2 Å². The molecule has 18 heavy (non-hydrogen) atoms. The molecule has 0 saturated heterocycles. The number of carbonyl (C=O) groups excluding carboxylic acids is 1. The van der Waals surface area contributed by atoms with Crippen molar-refractivity contribution in [2.75, 3.05) is 18.5 Å². The molecule has 0 fully saturated rings. The van der Waals surface area contributed by atoms with Crippen LogP contribution < -0.4 is 5.32 Å². The minimum atomic E-state index is -0.255. The fourth-order valence-corrected chi connectivity index (χ4v) is 1.80. The summed E-state index contributed by atoms with van der Waals surface area (Å²) in [7, 11) is 0. The Hall–Kier alpha value is -1.51. The molecule has 0 bridgehead atoms. The van der Waals surface area contributed by atoms with Crippen LogP contribution in [0, 0.1) is 0 Å². The number of carbonyl (C=O) groups is 1. The highest BCUT2D eigenvalue weighted by molar-refractivity contribution is 5.95. The predicted octanol–water partition coefficient (Wildman–Crippen LogP) is 3.86. The van der Waals surface area contributed by atoms with E-state index in [0.717, 1.165) is 18.7 Å². The number of benzene rings is 1. The molecule has 0 aliphatic heterocycles. The van der Waals surface area contributed by atoms with Gasteiger partial charge in [-0.25, -0.2) is 4.79 Å². The lowest BCUT2D eigenvalue weighted by atomic mass is 10.1. The van der Waals surface area contributed by atoms with Gasteiger partial charge in [-0.3, -0.25) is 0 Å². The number of unbranched alkanes of at least 4 members (excludes halogenated alkanes) is 3. The maximum Gasteiger partial charge on any atom is 0.340 e. The van der Waals surface area contributed by atoms with Gasteiger partial charge in [0.25, 0.3) is 0 Å². The van der Waals surface area contributed by atoms with Crippen LogP contribution in [0.4, 0.5) is 5.69 Å². The van der Waals surface area contributed by atoms with Gasteiger partial charge in [0, 0.05) is 12.2 Å². The number of ether oxygens (including phenoxy) is 1. The molecular formula is C15H23NO2. The number of esters is 1. The molecule has 0 heterocycles. The van der Waals surface area contributed by atoms with Crippen LogP contribution in [0.25, 0.3) is 0 Å². The first-order valence-electron chi connectivity index (χ1n) is 6.79. The van der Waals surface area contributed by atoms with Gasteiger partial charge in [-0.2, -0.15) is 0 Å². The molecule has 0 aliphatic carbocycles. The van der Waals surface area contributed by atoms with Crippen LogP contribution in [0.3, 0.4) is 0 Å². The van der Waals surface area contributed by atoms with Gasteiger partial charge >= 0.3 is 5.97 Å². The molecule has 1 rings (SSSR count). The van der Waals surface area contributed by atoms with E-state index >= 15 is 0 Å². The van der Waals surface area contributed by atoms with E-state index in [9.17, 15) is 4.79 Å². The molecule has 0 spiro atoms. The van der Waals surface area contributed by atoms with Crippen LogP contribution in [-0.4, -0.2) is 19.1 Å². The van der Waals surface area contributed by atoms with E-state index in [1.165, 1.54) is 19.3 Å². The molecule has 0 saturated carbocycles. The van der Waals surface area contributed by atoms with Crippen molar-refractivity contribution in [1.29, 1.82) is 0 Å². The number of rotatable bonds is 8. The van der Waals surface area contributed by atoms with Crippen LogP contribution >= 0.6 is 0 Å². The van der Waals surface area contributed by atoms with Crippen molar-refractivity contribution in [3.8, 4) is 0 Å². The Labute approximate surface area is 110 Å². The summed E-state index contributed by atoms with van der Waals surface area (Å²) in [6, 6.07) is 7.50. The lowest BCUT2D eigenvalue weighted by molar-refractivity contribution is 0.0527. The fraction of sp³-hybridized carbons (Fsp3) is 0.533. The maximum atomic E-state index is 11.7. The van der Waals surface area contributed by atoms with E-state index in [0.29, 0.717) is 12.2 Å². The average molecular weight is 249 g/mol. The Kier molecular flexibility index (Phi) is 6.92. The molecule has 3 nitrogen and oxygen atoms in total. The number of para-hydroxylation sites is 1. The van der Waals surface area contributed by atoms with E-state index < -0.39 is 0 Å². The number of hydrogen-bond acceptors (Lipinski definition) is 3. The summed E-state index contributed by atoms with van der Waals surface area (Å²) in [6.45, 7) is 5.32. The maximum absolute atomic E-state index is 11.7. The third-order valence-corrected chi connectivity index (χ3v) is 2.77. The largest absolute Gasteiger partial charge is 0.462 e. The lowest BCUT2D eigenvalue weighted by Crippen LogP contribution is -2.10. The highest BCUT2D eigenvalue weighted by Crippen LogP contribution is 2.16. The standard InChI is InChI=1S/C15H23NO2/c1-3-5-6-9-12-16-14-11-8-7-10-13(14)15(17)18-4-2/h7-8,10-11,16H,3-6,9,12H2,1-2H3. The average Bonchev–Trinajstić information content (AvgIpc) is 2.39. The quantitative estimate of drug-likeness (QED) is 0.561. The molecule has 0 unspecified atom stereocenters. The van der Waals surface area contributed by atoms with Gasteiger partial charge < -0.3 is 10.1 Å². The van der Waals surface area contributed by atoms with Gasteiger partial charge in [0.1, 0.15) is 0 Å². The second-order valence-corrected chi connectivity index (χ2v) is 4.25. The normalized spacial score (nSPS) is 10.1. The third kappa shape index (κ3) is 4.78. The summed E-state index contributed by atoms with van der Waals surface area (Å²) in [5.74, 6) is -0.255. The smallest absolute Gasteiger partial charge is 0.340 e. The topological polar surface area (TPSA) is 38.3 Å². The second-order valence-electron chi connectivity index (χ2n) is 4.25. The number of anilines is 1. The molecule has 0 aliphatic rings. The van der Waals surface area contributed by atoms with Crippen molar-refractivity contribution < 1.29 is 9.53 Å². The zero-order valence-corrected chi connectivity index (χ0v) is 11.4. The van der Waals surface area contributed by atoms with Gasteiger partial charge in [-0.1, -0.05) is 38.3 Å². The zero-order chi connectivity index (χ0) is 13.2. The Morgan fingerprint density at radius 2 is 1.94 bits per heavy atom. The summed E-state index contributed by atoms with van der Waals surface area (Å²) in [5, 5.41) is 3.31. The molecule has 0 radical (unpaired) electrons. The number of nitrogens with one attached hydrogen (secondary N) is 1. The van der Waals surface area contributed by atoms with E-state index in [4.69, 9.17) is 4.74 Å². The number of hydrogen-bond donors (Lipinski definition) is 1. The van der Waals surface area contributed by atoms with Crippen LogP contribution in [0.15, 0.2) is 24.3 Å². The van der Waals surface area contributed by atoms with Gasteiger partial charge in [0.15, 0.2) is 0 Å². The van der Waals surface area contributed by atoms with Gasteiger partial charge in [0.2, 0.25) is 0 Å². The Bertz CT molecular complexity index is 363. The van der Waals surface area contributed by atoms with E-state index in [-0.39, 0.29) is 5.97 Å². The highest BCUT2D eigenvalue weighted by Gasteiger charge is 2.10. The van der Waals surface area contributed by atoms with Gasteiger partial charge in [-0.15, -0.1) is 0 Å². The van der Waals surface area contributed by atoms with Gasteiger partial charge in [-0.05, 0) is 25.5 Å². The summed E-state index contributed by atoms with van der Waals surface area (Å²) >= 11 is 0. The van der Waals surface area contributed by atoms with Crippen LogP contribution in [0.1, 0.15) is 49.9 Å². The summed E-state index contributed by atoms with van der Waals surface area (Å²) < 4.78 is 5.03. The first-order chi connectivity index (χ1) is 8.79. The molecule has 0 aromatic heterocycles.